The predicted molar refractivity (Wildman–Crippen MR) is 135 cm³/mol. The minimum absolute atomic E-state index is 0.0898. The summed E-state index contributed by atoms with van der Waals surface area (Å²) in [5, 5.41) is 7.21. The first-order valence-electron chi connectivity index (χ1n) is 11.8. The number of rotatable bonds is 8. The molecule has 37 heavy (non-hydrogen) atoms. The molecule has 9 heteroatoms. The normalized spacial score (nSPS) is 18.0. The minimum atomic E-state index is -1.71. The van der Waals surface area contributed by atoms with Gasteiger partial charge in [0.05, 0.1) is 20.3 Å². The van der Waals surface area contributed by atoms with Crippen LogP contribution in [0.3, 0.4) is 0 Å². The van der Waals surface area contributed by atoms with E-state index in [1.807, 2.05) is 60.7 Å². The van der Waals surface area contributed by atoms with Crippen LogP contribution < -0.4 is 9.47 Å². The largest absolute Gasteiger partial charge is 0.497 e. The van der Waals surface area contributed by atoms with E-state index in [-0.39, 0.29) is 12.2 Å². The fraction of sp³-hybridized carbons (Fsp3) is 0.214. The maximum Gasteiger partial charge on any atom is 0.418 e. The van der Waals surface area contributed by atoms with Crippen molar-refractivity contribution in [1.82, 2.24) is 20.1 Å². The number of aromatic nitrogens is 3. The number of cyclic esters (lactones) is 1. The first-order chi connectivity index (χ1) is 17.9. The van der Waals surface area contributed by atoms with Gasteiger partial charge in [0, 0.05) is 18.1 Å². The summed E-state index contributed by atoms with van der Waals surface area (Å²) in [4.78, 5) is 33.0. The van der Waals surface area contributed by atoms with Gasteiger partial charge in [-0.15, -0.1) is 0 Å². The molecule has 0 spiro atoms. The third-order valence-electron chi connectivity index (χ3n) is 6.47. The molecular formula is C28H26N4O5. The van der Waals surface area contributed by atoms with Crippen molar-refractivity contribution in [2.24, 2.45) is 0 Å². The Kier molecular flexibility index (Phi) is 6.35. The molecule has 9 nitrogen and oxygen atoms in total. The summed E-state index contributed by atoms with van der Waals surface area (Å²) in [6.45, 7) is 1.79. The summed E-state index contributed by atoms with van der Waals surface area (Å²) in [5.41, 5.74) is 0.513. The number of amides is 2. The van der Waals surface area contributed by atoms with Crippen LogP contribution >= 0.6 is 0 Å². The van der Waals surface area contributed by atoms with Crippen molar-refractivity contribution < 1.29 is 23.8 Å². The Morgan fingerprint density at radius 2 is 1.57 bits per heavy atom. The Morgan fingerprint density at radius 3 is 2.19 bits per heavy atom. The van der Waals surface area contributed by atoms with E-state index >= 15 is 0 Å². The molecule has 1 saturated heterocycles. The van der Waals surface area contributed by atoms with Crippen LogP contribution in [0.5, 0.6) is 11.5 Å². The lowest BCUT2D eigenvalue weighted by atomic mass is 9.92. The van der Waals surface area contributed by atoms with E-state index in [1.54, 1.807) is 39.3 Å². The molecule has 0 saturated carbocycles. The van der Waals surface area contributed by atoms with Crippen molar-refractivity contribution in [3.05, 3.63) is 95.8 Å². The van der Waals surface area contributed by atoms with Crippen LogP contribution in [0.1, 0.15) is 29.9 Å². The number of hydrogen-bond acceptors (Lipinski definition) is 7. The molecule has 0 unspecified atom stereocenters. The third-order valence-corrected chi connectivity index (χ3v) is 6.47. The second-order valence-electron chi connectivity index (χ2n) is 8.73. The summed E-state index contributed by atoms with van der Waals surface area (Å²) in [6, 6.07) is 23.4. The number of aromatic amines is 1. The third kappa shape index (κ3) is 4.40. The van der Waals surface area contributed by atoms with Gasteiger partial charge in [0.15, 0.2) is 11.6 Å². The summed E-state index contributed by atoms with van der Waals surface area (Å²) in [7, 11) is 3.10. The van der Waals surface area contributed by atoms with Gasteiger partial charge < -0.3 is 14.2 Å². The molecule has 2 atom stereocenters. The van der Waals surface area contributed by atoms with E-state index in [1.165, 1.54) is 0 Å². The molecule has 0 radical (unpaired) electrons. The van der Waals surface area contributed by atoms with Crippen molar-refractivity contribution in [3.63, 3.8) is 0 Å². The smallest absolute Gasteiger partial charge is 0.418 e. The molecule has 3 aromatic carbocycles. The van der Waals surface area contributed by atoms with Crippen molar-refractivity contribution in [2.75, 3.05) is 14.2 Å². The Balaban J connectivity index is 1.58. The van der Waals surface area contributed by atoms with Crippen LogP contribution in [-0.4, -0.2) is 46.3 Å². The molecular weight excluding hydrogens is 472 g/mol. The summed E-state index contributed by atoms with van der Waals surface area (Å²) in [5.74, 6) is 1.05. The average Bonchev–Trinajstić information content (AvgIpc) is 3.53. The zero-order valence-corrected chi connectivity index (χ0v) is 20.7. The maximum atomic E-state index is 14.1. The molecule has 4 aromatic rings. The number of nitrogens with one attached hydrogen (secondary N) is 1. The van der Waals surface area contributed by atoms with Crippen LogP contribution in [0.15, 0.2) is 78.9 Å². The number of methoxy groups -OCH3 is 2. The topological polar surface area (TPSA) is 107 Å². The zero-order chi connectivity index (χ0) is 26.0. The minimum Gasteiger partial charge on any atom is -0.497 e. The number of benzene rings is 3. The Hall–Kier alpha value is -4.66. The van der Waals surface area contributed by atoms with E-state index in [0.717, 1.165) is 16.0 Å². The number of hydrogen-bond donors (Lipinski definition) is 1. The molecule has 1 aliphatic heterocycles. The number of ether oxygens (including phenoxy) is 3. The number of carbonyl (C=O) groups is 2. The highest BCUT2D eigenvalue weighted by atomic mass is 16.6. The van der Waals surface area contributed by atoms with Gasteiger partial charge >= 0.3 is 6.09 Å². The first kappa shape index (κ1) is 24.1. The molecule has 2 amide bonds. The summed E-state index contributed by atoms with van der Waals surface area (Å²) >= 11 is 0. The Bertz CT molecular complexity index is 1400. The van der Waals surface area contributed by atoms with Gasteiger partial charge in [0.1, 0.15) is 11.5 Å². The Labute approximate surface area is 214 Å². The van der Waals surface area contributed by atoms with Crippen LogP contribution in [0.4, 0.5) is 4.79 Å². The number of carbonyl (C=O) groups excluding carboxylic acids is 2. The van der Waals surface area contributed by atoms with Crippen LogP contribution in [0.25, 0.3) is 11.4 Å². The lowest BCUT2D eigenvalue weighted by molar-refractivity contribution is -0.139. The lowest BCUT2D eigenvalue weighted by Crippen LogP contribution is -2.42. The molecule has 1 aliphatic rings. The molecule has 0 aliphatic carbocycles. The van der Waals surface area contributed by atoms with Gasteiger partial charge in [-0.2, -0.15) is 5.10 Å². The van der Waals surface area contributed by atoms with Crippen LogP contribution in [0, 0.1) is 0 Å². The van der Waals surface area contributed by atoms with Gasteiger partial charge in [-0.1, -0.05) is 60.7 Å². The molecule has 2 heterocycles. The average molecular weight is 499 g/mol. The van der Waals surface area contributed by atoms with Crippen LogP contribution in [0.2, 0.25) is 0 Å². The van der Waals surface area contributed by atoms with E-state index in [4.69, 9.17) is 14.2 Å². The number of imide groups is 1. The number of H-pyrrole nitrogens is 1. The highest BCUT2D eigenvalue weighted by Gasteiger charge is 2.58. The van der Waals surface area contributed by atoms with E-state index in [9.17, 15) is 9.59 Å². The molecule has 0 bridgehead atoms. The molecule has 5 rings (SSSR count). The van der Waals surface area contributed by atoms with Crippen LogP contribution in [-0.2, 0) is 21.6 Å². The first-order valence-corrected chi connectivity index (χ1v) is 11.8. The molecule has 188 valence electrons. The molecule has 1 N–H and O–H groups in total. The summed E-state index contributed by atoms with van der Waals surface area (Å²) in [6.07, 6.45) is -0.648. The number of nitrogens with zero attached hydrogens (tertiary/aromatic N) is 3. The quantitative estimate of drug-likeness (QED) is 0.376. The lowest BCUT2D eigenvalue weighted by Gasteiger charge is -2.24. The molecule has 1 fully saturated rings. The highest BCUT2D eigenvalue weighted by molar-refractivity contribution is 6.03. The van der Waals surface area contributed by atoms with Gasteiger partial charge in [-0.3, -0.25) is 9.89 Å². The van der Waals surface area contributed by atoms with Gasteiger partial charge in [0.2, 0.25) is 0 Å². The van der Waals surface area contributed by atoms with Crippen molar-refractivity contribution in [2.45, 2.75) is 25.0 Å². The van der Waals surface area contributed by atoms with Gasteiger partial charge in [-0.05, 0) is 30.2 Å². The van der Waals surface area contributed by atoms with E-state index in [0.29, 0.717) is 22.9 Å². The fourth-order valence-corrected chi connectivity index (χ4v) is 4.47. The second kappa shape index (κ2) is 9.77. The van der Waals surface area contributed by atoms with Crippen molar-refractivity contribution in [3.8, 4) is 22.9 Å². The van der Waals surface area contributed by atoms with Gasteiger partial charge in [-0.25, -0.2) is 14.7 Å². The second-order valence-corrected chi connectivity index (χ2v) is 8.73. The van der Waals surface area contributed by atoms with E-state index in [2.05, 4.69) is 15.2 Å². The van der Waals surface area contributed by atoms with Crippen molar-refractivity contribution >= 4 is 12.0 Å². The van der Waals surface area contributed by atoms with Gasteiger partial charge in [0.25, 0.3) is 11.5 Å². The molecule has 1 aromatic heterocycles. The predicted octanol–water partition coefficient (Wildman–Crippen LogP) is 4.67. The summed E-state index contributed by atoms with van der Waals surface area (Å²) < 4.78 is 16.6. The standard InChI is InChI=1S/C28H26N4O5/c1-18(20-12-8-5-9-13-20)32-26(33)28(37-27(32)34,17-19-10-6-4-7-11-19)25-29-24(30-31-25)21-14-22(35-2)16-23(15-21)36-3/h4-16,18H,17H2,1-3H3,(H,29,30,31)/t18-,28-/m1/s1. The monoisotopic (exact) mass is 498 g/mol. The Morgan fingerprint density at radius 1 is 0.946 bits per heavy atom. The zero-order valence-electron chi connectivity index (χ0n) is 20.7. The van der Waals surface area contributed by atoms with E-state index < -0.39 is 23.6 Å². The fourth-order valence-electron chi connectivity index (χ4n) is 4.47. The SMILES string of the molecule is COc1cc(OC)cc(-c2n[nH]c([C@@]3(Cc4ccccc4)OC(=O)N([C@H](C)c4ccccc4)C3=O)n2)c1. The maximum absolute atomic E-state index is 14.1. The van der Waals surface area contributed by atoms with Crippen molar-refractivity contribution in [1.29, 1.82) is 0 Å². The highest BCUT2D eigenvalue weighted by Crippen LogP contribution is 2.40.